The summed E-state index contributed by atoms with van der Waals surface area (Å²) in [5, 5.41) is 18.1. The first-order valence-electron chi connectivity index (χ1n) is 6.80. The molecule has 2 heteroatoms. The Bertz CT molecular complexity index is 278. The van der Waals surface area contributed by atoms with Crippen molar-refractivity contribution < 1.29 is 5.11 Å². The smallest absolute Gasteiger partial charge is 0.0697 e. The van der Waals surface area contributed by atoms with Crippen LogP contribution in [-0.4, -0.2) is 11.7 Å². The predicted molar refractivity (Wildman–Crippen MR) is 61.3 cm³/mol. The maximum Gasteiger partial charge on any atom is 0.0697 e. The Hall–Kier alpha value is -0.550. The molecule has 0 heterocycles. The van der Waals surface area contributed by atoms with Gasteiger partial charge in [-0.25, -0.2) is 0 Å². The second kappa shape index (κ2) is 4.04. The molecule has 0 aliphatic heterocycles. The largest absolute Gasteiger partial charge is 0.395 e. The van der Waals surface area contributed by atoms with Crippen molar-refractivity contribution in [2.75, 3.05) is 6.61 Å². The standard InChI is InChI=1S/C14H21NO/c15-7-11(8-16)6-14-12-2-9-1-10(4-12)5-13(14)3-9/h9-14,16H,1-6,8H2. The zero-order valence-electron chi connectivity index (χ0n) is 9.81. The number of nitriles is 1. The van der Waals surface area contributed by atoms with Crippen LogP contribution in [0.5, 0.6) is 0 Å². The number of rotatable bonds is 3. The summed E-state index contributed by atoms with van der Waals surface area (Å²) < 4.78 is 0. The molecular weight excluding hydrogens is 198 g/mol. The van der Waals surface area contributed by atoms with Crippen LogP contribution in [0.4, 0.5) is 0 Å². The van der Waals surface area contributed by atoms with Crippen LogP contribution in [0.25, 0.3) is 0 Å². The zero-order valence-corrected chi connectivity index (χ0v) is 9.81. The highest BCUT2D eigenvalue weighted by Gasteiger charge is 2.48. The second-order valence-corrected chi connectivity index (χ2v) is 6.34. The topological polar surface area (TPSA) is 44.0 Å². The van der Waals surface area contributed by atoms with Crippen molar-refractivity contribution in [3.8, 4) is 6.07 Å². The summed E-state index contributed by atoms with van der Waals surface area (Å²) in [5.41, 5.74) is 0. The second-order valence-electron chi connectivity index (χ2n) is 6.34. The van der Waals surface area contributed by atoms with E-state index in [1.807, 2.05) is 0 Å². The Morgan fingerprint density at radius 2 is 1.62 bits per heavy atom. The molecule has 4 rings (SSSR count). The van der Waals surface area contributed by atoms with Crippen molar-refractivity contribution >= 4 is 0 Å². The highest BCUT2D eigenvalue weighted by molar-refractivity contribution is 5.00. The maximum atomic E-state index is 9.16. The van der Waals surface area contributed by atoms with E-state index in [-0.39, 0.29) is 12.5 Å². The van der Waals surface area contributed by atoms with Crippen LogP contribution in [0.1, 0.15) is 38.5 Å². The van der Waals surface area contributed by atoms with Gasteiger partial charge in [-0.2, -0.15) is 5.26 Å². The molecular formula is C14H21NO. The summed E-state index contributed by atoms with van der Waals surface area (Å²) in [6.45, 7) is 0.0549. The van der Waals surface area contributed by atoms with Crippen molar-refractivity contribution in [3.05, 3.63) is 0 Å². The molecule has 16 heavy (non-hydrogen) atoms. The van der Waals surface area contributed by atoms with E-state index in [2.05, 4.69) is 6.07 Å². The molecule has 0 aromatic heterocycles. The Morgan fingerprint density at radius 1 is 1.06 bits per heavy atom. The first-order valence-corrected chi connectivity index (χ1v) is 6.80. The van der Waals surface area contributed by atoms with Gasteiger partial charge in [0.2, 0.25) is 0 Å². The Kier molecular flexibility index (Phi) is 2.67. The first-order chi connectivity index (χ1) is 7.80. The molecule has 0 saturated heterocycles. The van der Waals surface area contributed by atoms with Crippen LogP contribution in [0.2, 0.25) is 0 Å². The molecule has 88 valence electrons. The number of aliphatic hydroxyl groups excluding tert-OH is 1. The quantitative estimate of drug-likeness (QED) is 0.793. The summed E-state index contributed by atoms with van der Waals surface area (Å²) in [7, 11) is 0. The predicted octanol–water partition coefficient (Wildman–Crippen LogP) is 2.58. The number of nitrogens with zero attached hydrogens (tertiary/aromatic N) is 1. The third-order valence-corrected chi connectivity index (χ3v) is 5.38. The summed E-state index contributed by atoms with van der Waals surface area (Å²) in [6.07, 6.45) is 8.12. The molecule has 0 spiro atoms. The van der Waals surface area contributed by atoms with Crippen molar-refractivity contribution in [1.82, 2.24) is 0 Å². The van der Waals surface area contributed by atoms with Gasteiger partial charge in [-0.05, 0) is 68.1 Å². The maximum absolute atomic E-state index is 9.16. The lowest BCUT2D eigenvalue weighted by molar-refractivity contribution is -0.0452. The van der Waals surface area contributed by atoms with Crippen molar-refractivity contribution in [2.24, 2.45) is 35.5 Å². The van der Waals surface area contributed by atoms with Gasteiger partial charge in [0.25, 0.3) is 0 Å². The Balaban J connectivity index is 1.70. The van der Waals surface area contributed by atoms with Crippen LogP contribution >= 0.6 is 0 Å². The van der Waals surface area contributed by atoms with Gasteiger partial charge in [-0.3, -0.25) is 0 Å². The third-order valence-electron chi connectivity index (χ3n) is 5.38. The molecule has 1 atom stereocenters. The lowest BCUT2D eigenvalue weighted by atomic mass is 9.51. The minimum atomic E-state index is -0.109. The molecule has 4 aliphatic rings. The lowest BCUT2D eigenvalue weighted by Crippen LogP contribution is -2.45. The van der Waals surface area contributed by atoms with E-state index in [4.69, 9.17) is 10.4 Å². The van der Waals surface area contributed by atoms with E-state index in [0.717, 1.165) is 36.0 Å². The van der Waals surface area contributed by atoms with E-state index in [0.29, 0.717) is 0 Å². The molecule has 0 radical (unpaired) electrons. The van der Waals surface area contributed by atoms with E-state index in [1.54, 1.807) is 0 Å². The van der Waals surface area contributed by atoms with Gasteiger partial charge in [-0.15, -0.1) is 0 Å². The molecule has 4 bridgehead atoms. The van der Waals surface area contributed by atoms with Gasteiger partial charge >= 0.3 is 0 Å². The molecule has 4 fully saturated rings. The van der Waals surface area contributed by atoms with Crippen LogP contribution in [-0.2, 0) is 0 Å². The van der Waals surface area contributed by atoms with Gasteiger partial charge in [0, 0.05) is 0 Å². The minimum absolute atomic E-state index is 0.0549. The van der Waals surface area contributed by atoms with Crippen LogP contribution in [0.3, 0.4) is 0 Å². The number of aliphatic hydroxyl groups is 1. The fourth-order valence-corrected chi connectivity index (χ4v) is 4.92. The van der Waals surface area contributed by atoms with E-state index in [9.17, 15) is 0 Å². The highest BCUT2D eigenvalue weighted by Crippen LogP contribution is 2.57. The minimum Gasteiger partial charge on any atom is -0.395 e. The van der Waals surface area contributed by atoms with Gasteiger partial charge in [0.15, 0.2) is 0 Å². The normalized spacial score (nSPS) is 46.6. The molecule has 0 amide bonds. The van der Waals surface area contributed by atoms with E-state index < -0.39 is 0 Å². The zero-order chi connectivity index (χ0) is 11.1. The highest BCUT2D eigenvalue weighted by atomic mass is 16.3. The summed E-state index contributed by atoms with van der Waals surface area (Å²) in [6, 6.07) is 2.26. The van der Waals surface area contributed by atoms with Gasteiger partial charge in [-0.1, -0.05) is 0 Å². The van der Waals surface area contributed by atoms with Crippen LogP contribution in [0, 0.1) is 46.8 Å². The van der Waals surface area contributed by atoms with Crippen molar-refractivity contribution in [2.45, 2.75) is 38.5 Å². The van der Waals surface area contributed by atoms with Crippen molar-refractivity contribution in [3.63, 3.8) is 0 Å². The molecule has 0 aromatic carbocycles. The summed E-state index contributed by atoms with van der Waals surface area (Å²) in [4.78, 5) is 0. The van der Waals surface area contributed by atoms with E-state index >= 15 is 0 Å². The molecule has 1 unspecified atom stereocenters. The van der Waals surface area contributed by atoms with Crippen LogP contribution in [0.15, 0.2) is 0 Å². The number of hydrogen-bond acceptors (Lipinski definition) is 2. The monoisotopic (exact) mass is 219 g/mol. The summed E-state index contributed by atoms with van der Waals surface area (Å²) >= 11 is 0. The Morgan fingerprint density at radius 3 is 2.06 bits per heavy atom. The molecule has 2 nitrogen and oxygen atoms in total. The fourth-order valence-electron chi connectivity index (χ4n) is 4.92. The van der Waals surface area contributed by atoms with Gasteiger partial charge in [0.05, 0.1) is 18.6 Å². The van der Waals surface area contributed by atoms with Crippen molar-refractivity contribution in [1.29, 1.82) is 5.26 Å². The average Bonchev–Trinajstić information content (AvgIpc) is 2.28. The summed E-state index contributed by atoms with van der Waals surface area (Å²) in [5.74, 6) is 4.44. The average molecular weight is 219 g/mol. The Labute approximate surface area is 97.7 Å². The molecule has 4 aliphatic carbocycles. The van der Waals surface area contributed by atoms with Crippen LogP contribution < -0.4 is 0 Å². The molecule has 1 N–H and O–H groups in total. The molecule has 4 saturated carbocycles. The van der Waals surface area contributed by atoms with Gasteiger partial charge < -0.3 is 5.11 Å². The third kappa shape index (κ3) is 1.66. The fraction of sp³-hybridized carbons (Fsp3) is 0.929. The first kappa shape index (κ1) is 10.6. The SMILES string of the molecule is N#CC(CO)CC1C2CC3CC(C2)CC1C3. The lowest BCUT2D eigenvalue weighted by Gasteiger charge is -2.55. The van der Waals surface area contributed by atoms with E-state index in [1.165, 1.54) is 32.1 Å². The molecule has 0 aromatic rings. The van der Waals surface area contributed by atoms with Gasteiger partial charge in [0.1, 0.15) is 0 Å². The number of hydrogen-bond donors (Lipinski definition) is 1.